The average molecular weight is 257 g/mol. The fourth-order valence-corrected chi connectivity index (χ4v) is 1.74. The van der Waals surface area contributed by atoms with Gasteiger partial charge in [0.1, 0.15) is 4.88 Å². The maximum Gasteiger partial charge on any atom is 0.264 e. The van der Waals surface area contributed by atoms with Crippen LogP contribution in [-0.2, 0) is 0 Å². The molecule has 0 saturated carbocycles. The summed E-state index contributed by atoms with van der Waals surface area (Å²) in [6.07, 6.45) is 3.03. The third-order valence-corrected chi connectivity index (χ3v) is 3.14. The Labute approximate surface area is 105 Å². The zero-order valence-corrected chi connectivity index (χ0v) is 11.3. The lowest BCUT2D eigenvalue weighted by atomic mass is 9.95. The minimum absolute atomic E-state index is 0.232. The normalized spacial score (nSPS) is 14.6. The predicted octanol–water partition coefficient (Wildman–Crippen LogP) is 1.46. The minimum atomic E-state index is -0.863. The molecule has 2 N–H and O–H groups in total. The first-order valence-corrected chi connectivity index (χ1v) is 6.46. The second-order valence-corrected chi connectivity index (χ2v) is 5.68. The molecule has 1 heterocycles. The molecule has 0 radical (unpaired) electrons. The van der Waals surface area contributed by atoms with Crippen LogP contribution in [0.5, 0.6) is 0 Å². The van der Waals surface area contributed by atoms with Crippen LogP contribution in [-0.4, -0.2) is 32.7 Å². The summed E-state index contributed by atoms with van der Waals surface area (Å²) >= 11 is 1.05. The van der Waals surface area contributed by atoms with Gasteiger partial charge in [-0.15, -0.1) is 5.10 Å². The molecule has 0 fully saturated rings. The van der Waals surface area contributed by atoms with Crippen LogP contribution < -0.4 is 5.32 Å². The third kappa shape index (κ3) is 5.23. The van der Waals surface area contributed by atoms with Crippen LogP contribution in [0.4, 0.5) is 0 Å². The molecule has 96 valence electrons. The monoisotopic (exact) mass is 257 g/mol. The van der Waals surface area contributed by atoms with E-state index in [1.54, 1.807) is 6.92 Å². The topological polar surface area (TPSA) is 75.1 Å². The molecule has 0 aliphatic carbocycles. The molecule has 1 unspecified atom stereocenters. The summed E-state index contributed by atoms with van der Waals surface area (Å²) in [7, 11) is 0. The molecule has 0 aromatic carbocycles. The predicted molar refractivity (Wildman–Crippen MR) is 66.9 cm³/mol. The molecule has 6 heteroatoms. The number of nitrogens with one attached hydrogen (secondary N) is 1. The van der Waals surface area contributed by atoms with Crippen LogP contribution in [0.25, 0.3) is 0 Å². The minimum Gasteiger partial charge on any atom is -0.388 e. The molecule has 0 bridgehead atoms. The molecular weight excluding hydrogens is 238 g/mol. The van der Waals surface area contributed by atoms with Crippen LogP contribution in [0.2, 0.25) is 0 Å². The fraction of sp³-hybridized carbons (Fsp3) is 0.727. The van der Waals surface area contributed by atoms with Gasteiger partial charge in [-0.2, -0.15) is 0 Å². The zero-order chi connectivity index (χ0) is 12.9. The Balaban J connectivity index is 2.36. The summed E-state index contributed by atoms with van der Waals surface area (Å²) in [5.74, 6) is 0.313. The van der Waals surface area contributed by atoms with Gasteiger partial charge in [0, 0.05) is 6.54 Å². The van der Waals surface area contributed by atoms with Crippen molar-refractivity contribution >= 4 is 17.4 Å². The highest BCUT2D eigenvalue weighted by atomic mass is 32.1. The summed E-state index contributed by atoms with van der Waals surface area (Å²) < 4.78 is 3.62. The van der Waals surface area contributed by atoms with E-state index in [2.05, 4.69) is 28.8 Å². The van der Waals surface area contributed by atoms with E-state index in [0.29, 0.717) is 17.2 Å². The number of hydrogen-bond donors (Lipinski definition) is 2. The highest BCUT2D eigenvalue weighted by Crippen LogP contribution is 2.15. The molecule has 0 aliphatic rings. The number of aromatic nitrogens is 2. The SMILES string of the molecule is CC(C)CCC(C)(O)CNC(=O)c1cnns1. The van der Waals surface area contributed by atoms with E-state index in [4.69, 9.17) is 0 Å². The zero-order valence-electron chi connectivity index (χ0n) is 10.4. The van der Waals surface area contributed by atoms with Crippen molar-refractivity contribution in [2.24, 2.45) is 5.92 Å². The molecule has 0 saturated heterocycles. The van der Waals surface area contributed by atoms with Crippen molar-refractivity contribution < 1.29 is 9.90 Å². The first-order chi connectivity index (χ1) is 7.91. The Kier molecular flexibility index (Phi) is 5.02. The van der Waals surface area contributed by atoms with E-state index >= 15 is 0 Å². The van der Waals surface area contributed by atoms with E-state index in [1.807, 2.05) is 0 Å². The van der Waals surface area contributed by atoms with Crippen molar-refractivity contribution in [1.82, 2.24) is 14.9 Å². The maximum absolute atomic E-state index is 11.6. The van der Waals surface area contributed by atoms with E-state index in [1.165, 1.54) is 6.20 Å². The van der Waals surface area contributed by atoms with Gasteiger partial charge >= 0.3 is 0 Å². The van der Waals surface area contributed by atoms with Crippen molar-refractivity contribution in [2.75, 3.05) is 6.54 Å². The average Bonchev–Trinajstić information content (AvgIpc) is 2.77. The number of carbonyl (C=O) groups is 1. The van der Waals surface area contributed by atoms with Crippen LogP contribution in [0.3, 0.4) is 0 Å². The molecule has 1 aromatic rings. The molecule has 1 rings (SSSR count). The highest BCUT2D eigenvalue weighted by molar-refractivity contribution is 7.07. The van der Waals surface area contributed by atoms with E-state index in [0.717, 1.165) is 18.0 Å². The molecule has 1 amide bonds. The van der Waals surface area contributed by atoms with Crippen molar-refractivity contribution in [3.8, 4) is 0 Å². The van der Waals surface area contributed by atoms with Crippen LogP contribution in [0.1, 0.15) is 43.3 Å². The van der Waals surface area contributed by atoms with E-state index in [9.17, 15) is 9.90 Å². The second-order valence-electron chi connectivity index (χ2n) is 4.89. The first-order valence-electron chi connectivity index (χ1n) is 5.68. The van der Waals surface area contributed by atoms with E-state index in [-0.39, 0.29) is 12.5 Å². The van der Waals surface area contributed by atoms with Gasteiger partial charge in [-0.25, -0.2) is 0 Å². The number of aliphatic hydroxyl groups is 1. The number of hydrogen-bond acceptors (Lipinski definition) is 5. The van der Waals surface area contributed by atoms with Gasteiger partial charge < -0.3 is 10.4 Å². The lowest BCUT2D eigenvalue weighted by Crippen LogP contribution is -2.40. The number of carbonyl (C=O) groups excluding carboxylic acids is 1. The number of rotatable bonds is 6. The Bertz CT molecular complexity index is 350. The quantitative estimate of drug-likeness (QED) is 0.809. The molecule has 1 atom stereocenters. The van der Waals surface area contributed by atoms with Crippen LogP contribution in [0, 0.1) is 5.92 Å². The Morgan fingerprint density at radius 1 is 1.65 bits per heavy atom. The molecule has 17 heavy (non-hydrogen) atoms. The number of nitrogens with zero attached hydrogens (tertiary/aromatic N) is 2. The molecule has 0 spiro atoms. The molecule has 1 aromatic heterocycles. The lowest BCUT2D eigenvalue weighted by Gasteiger charge is -2.24. The Morgan fingerprint density at radius 3 is 2.88 bits per heavy atom. The van der Waals surface area contributed by atoms with Gasteiger partial charge in [-0.3, -0.25) is 4.79 Å². The Morgan fingerprint density at radius 2 is 2.35 bits per heavy atom. The van der Waals surface area contributed by atoms with Gasteiger partial charge in [-0.05, 0) is 37.2 Å². The summed E-state index contributed by atoms with van der Waals surface area (Å²) in [5, 5.41) is 16.4. The first kappa shape index (κ1) is 14.1. The highest BCUT2D eigenvalue weighted by Gasteiger charge is 2.22. The summed E-state index contributed by atoms with van der Waals surface area (Å²) in [4.78, 5) is 12.1. The van der Waals surface area contributed by atoms with E-state index < -0.39 is 5.60 Å². The summed E-state index contributed by atoms with van der Waals surface area (Å²) in [6, 6.07) is 0. The van der Waals surface area contributed by atoms with Crippen molar-refractivity contribution in [1.29, 1.82) is 0 Å². The van der Waals surface area contributed by atoms with Crippen LogP contribution in [0.15, 0.2) is 6.20 Å². The largest absolute Gasteiger partial charge is 0.388 e. The van der Waals surface area contributed by atoms with Crippen LogP contribution >= 0.6 is 11.5 Å². The Hall–Kier alpha value is -1.01. The molecule has 5 nitrogen and oxygen atoms in total. The maximum atomic E-state index is 11.6. The van der Waals surface area contributed by atoms with Crippen molar-refractivity contribution in [3.05, 3.63) is 11.1 Å². The number of amides is 1. The smallest absolute Gasteiger partial charge is 0.264 e. The van der Waals surface area contributed by atoms with Gasteiger partial charge in [0.25, 0.3) is 5.91 Å². The lowest BCUT2D eigenvalue weighted by molar-refractivity contribution is 0.0430. The van der Waals surface area contributed by atoms with Crippen molar-refractivity contribution in [3.63, 3.8) is 0 Å². The van der Waals surface area contributed by atoms with Gasteiger partial charge in [0.05, 0.1) is 11.8 Å². The van der Waals surface area contributed by atoms with Crippen molar-refractivity contribution in [2.45, 2.75) is 39.2 Å². The molecule has 0 aliphatic heterocycles. The third-order valence-electron chi connectivity index (χ3n) is 2.48. The fourth-order valence-electron chi connectivity index (χ4n) is 1.31. The summed E-state index contributed by atoms with van der Waals surface area (Å²) in [6.45, 7) is 6.20. The molecular formula is C11H19N3O2S. The van der Waals surface area contributed by atoms with Gasteiger partial charge in [0.15, 0.2) is 0 Å². The standard InChI is InChI=1S/C11H19N3O2S/c1-8(2)4-5-11(3,16)7-12-10(15)9-6-13-14-17-9/h6,8,16H,4-5,7H2,1-3H3,(H,12,15). The van der Waals surface area contributed by atoms with Gasteiger partial charge in [0.2, 0.25) is 0 Å². The van der Waals surface area contributed by atoms with Gasteiger partial charge in [-0.1, -0.05) is 18.3 Å². The second kappa shape index (κ2) is 6.07. The summed E-state index contributed by atoms with van der Waals surface area (Å²) in [5.41, 5.74) is -0.863.